The maximum Gasteiger partial charge on any atom is 0.295 e. The summed E-state index contributed by atoms with van der Waals surface area (Å²) in [6, 6.07) is 12.0. The molecule has 2 aromatic carbocycles. The second-order valence-corrected chi connectivity index (χ2v) is 9.04. The summed E-state index contributed by atoms with van der Waals surface area (Å²) < 4.78 is 0. The number of aliphatic hydroxyl groups is 1. The van der Waals surface area contributed by atoms with Crippen molar-refractivity contribution in [3.63, 3.8) is 0 Å². The van der Waals surface area contributed by atoms with Crippen LogP contribution in [0.2, 0.25) is 10.0 Å². The van der Waals surface area contributed by atoms with E-state index in [-0.39, 0.29) is 22.4 Å². The van der Waals surface area contributed by atoms with Gasteiger partial charge in [-0.1, -0.05) is 73.7 Å². The second kappa shape index (κ2) is 9.05. The van der Waals surface area contributed by atoms with Gasteiger partial charge < -0.3 is 10.0 Å². The number of benzene rings is 2. The van der Waals surface area contributed by atoms with Gasteiger partial charge in [0.05, 0.1) is 21.7 Å². The van der Waals surface area contributed by atoms with Crippen LogP contribution in [0.1, 0.15) is 61.8 Å². The average Bonchev–Trinajstić information content (AvgIpc) is 3.06. The number of hydrogen-bond donors (Lipinski definition) is 1. The quantitative estimate of drug-likeness (QED) is 0.332. The van der Waals surface area contributed by atoms with Crippen LogP contribution < -0.4 is 0 Å². The first-order chi connectivity index (χ1) is 14.9. The monoisotopic (exact) mass is 457 g/mol. The Hall–Kier alpha value is -2.30. The van der Waals surface area contributed by atoms with Crippen LogP contribution in [0.5, 0.6) is 0 Å². The molecule has 2 aromatic rings. The fourth-order valence-corrected chi connectivity index (χ4v) is 4.95. The zero-order valence-corrected chi connectivity index (χ0v) is 18.9. The number of carbonyl (C=O) groups excluding carboxylic acids is 2. The van der Waals surface area contributed by atoms with Crippen LogP contribution in [0.4, 0.5) is 0 Å². The van der Waals surface area contributed by atoms with E-state index < -0.39 is 17.7 Å². The number of likely N-dealkylation sites (tertiary alicyclic amines) is 1. The topological polar surface area (TPSA) is 57.6 Å². The average molecular weight is 458 g/mol. The fourth-order valence-electron chi connectivity index (χ4n) is 4.65. The molecule has 2 aliphatic rings. The molecule has 1 atom stereocenters. The smallest absolute Gasteiger partial charge is 0.295 e. The van der Waals surface area contributed by atoms with E-state index in [0.717, 1.165) is 44.1 Å². The molecular formula is C25H25Cl2NO3. The van der Waals surface area contributed by atoms with E-state index in [1.54, 1.807) is 17.0 Å². The predicted octanol–water partition coefficient (Wildman–Crippen LogP) is 6.31. The van der Waals surface area contributed by atoms with Crippen molar-refractivity contribution < 1.29 is 14.7 Å². The zero-order valence-electron chi connectivity index (χ0n) is 17.4. The van der Waals surface area contributed by atoms with Gasteiger partial charge >= 0.3 is 0 Å². The van der Waals surface area contributed by atoms with Crippen LogP contribution >= 0.6 is 23.2 Å². The van der Waals surface area contributed by atoms with Gasteiger partial charge in [-0.2, -0.15) is 0 Å². The summed E-state index contributed by atoms with van der Waals surface area (Å²) in [5.74, 6) is -1.42. The molecule has 0 spiro atoms. The molecule has 31 heavy (non-hydrogen) atoms. The number of hydrogen-bond acceptors (Lipinski definition) is 3. The third-order valence-corrected chi connectivity index (χ3v) is 7.08. The molecule has 1 unspecified atom stereocenters. The molecule has 0 radical (unpaired) electrons. The van der Waals surface area contributed by atoms with Gasteiger partial charge in [0.1, 0.15) is 5.76 Å². The molecule has 1 saturated heterocycles. The minimum absolute atomic E-state index is 0.0137. The Labute approximate surface area is 192 Å². The lowest BCUT2D eigenvalue weighted by Gasteiger charge is -2.35. The van der Waals surface area contributed by atoms with Gasteiger partial charge in [0, 0.05) is 11.6 Å². The zero-order chi connectivity index (χ0) is 22.1. The van der Waals surface area contributed by atoms with E-state index >= 15 is 0 Å². The standard InChI is InChI=1S/C25H25Cl2NO3/c1-2-15-8-10-16(11-9-15)22-21(23(29)17-12-13-19(26)20(27)14-17)24(30)25(31)28(22)18-6-4-3-5-7-18/h8-14,18,22,29H,2-7H2,1H3/b23-21-. The lowest BCUT2D eigenvalue weighted by molar-refractivity contribution is -0.141. The first-order valence-electron chi connectivity index (χ1n) is 10.8. The Balaban J connectivity index is 1.87. The number of halogens is 2. The van der Waals surface area contributed by atoms with Crippen molar-refractivity contribution in [3.05, 3.63) is 74.8 Å². The molecule has 1 aliphatic carbocycles. The number of aryl methyl sites for hydroxylation is 1. The molecule has 1 aliphatic heterocycles. The summed E-state index contributed by atoms with van der Waals surface area (Å²) in [7, 11) is 0. The van der Waals surface area contributed by atoms with Crippen LogP contribution in [-0.2, 0) is 16.0 Å². The van der Waals surface area contributed by atoms with E-state index in [4.69, 9.17) is 23.2 Å². The Morgan fingerprint density at radius 1 is 1.00 bits per heavy atom. The van der Waals surface area contributed by atoms with Gasteiger partial charge in [0.25, 0.3) is 11.7 Å². The molecule has 1 heterocycles. The summed E-state index contributed by atoms with van der Waals surface area (Å²) in [6.07, 6.45) is 5.82. The number of rotatable bonds is 4. The SMILES string of the molecule is CCc1ccc(C2/C(=C(/O)c3ccc(Cl)c(Cl)c3)C(=O)C(=O)N2C2CCCCC2)cc1. The molecule has 6 heteroatoms. The van der Waals surface area contributed by atoms with Crippen molar-refractivity contribution in [2.75, 3.05) is 0 Å². The Bertz CT molecular complexity index is 1040. The van der Waals surface area contributed by atoms with Gasteiger partial charge in [0.2, 0.25) is 0 Å². The van der Waals surface area contributed by atoms with Crippen molar-refractivity contribution in [2.45, 2.75) is 57.5 Å². The molecule has 2 fully saturated rings. The lowest BCUT2D eigenvalue weighted by atomic mass is 9.90. The number of Topliss-reactive ketones (excluding diaryl/α,β-unsaturated/α-hetero) is 1. The third kappa shape index (κ3) is 4.11. The largest absolute Gasteiger partial charge is 0.507 e. The van der Waals surface area contributed by atoms with Crippen LogP contribution in [0.3, 0.4) is 0 Å². The van der Waals surface area contributed by atoms with Crippen LogP contribution in [0.15, 0.2) is 48.0 Å². The Morgan fingerprint density at radius 2 is 1.68 bits per heavy atom. The van der Waals surface area contributed by atoms with Gasteiger partial charge in [-0.15, -0.1) is 0 Å². The number of amides is 1. The number of aliphatic hydroxyl groups excluding tert-OH is 1. The highest BCUT2D eigenvalue weighted by atomic mass is 35.5. The third-order valence-electron chi connectivity index (χ3n) is 6.34. The minimum atomic E-state index is -0.654. The van der Waals surface area contributed by atoms with E-state index in [9.17, 15) is 14.7 Å². The lowest BCUT2D eigenvalue weighted by Crippen LogP contribution is -2.40. The highest BCUT2D eigenvalue weighted by Gasteiger charge is 2.48. The van der Waals surface area contributed by atoms with E-state index in [1.165, 1.54) is 11.6 Å². The van der Waals surface area contributed by atoms with E-state index in [0.29, 0.717) is 10.6 Å². The van der Waals surface area contributed by atoms with Crippen LogP contribution in [0, 0.1) is 0 Å². The number of nitrogens with zero attached hydrogens (tertiary/aromatic N) is 1. The maximum absolute atomic E-state index is 13.2. The molecule has 0 aromatic heterocycles. The first kappa shape index (κ1) is 21.9. The molecule has 0 bridgehead atoms. The van der Waals surface area contributed by atoms with Crippen LogP contribution in [-0.4, -0.2) is 27.7 Å². The summed E-state index contributed by atoms with van der Waals surface area (Å²) in [6.45, 7) is 2.08. The van der Waals surface area contributed by atoms with Gasteiger partial charge in [-0.05, 0) is 48.6 Å². The molecule has 4 rings (SSSR count). The van der Waals surface area contributed by atoms with Gasteiger partial charge in [-0.25, -0.2) is 0 Å². The molecule has 1 N–H and O–H groups in total. The Morgan fingerprint density at radius 3 is 2.29 bits per heavy atom. The summed E-state index contributed by atoms with van der Waals surface area (Å²) >= 11 is 12.2. The summed E-state index contributed by atoms with van der Waals surface area (Å²) in [5, 5.41) is 11.8. The first-order valence-corrected chi connectivity index (χ1v) is 11.5. The van der Waals surface area contributed by atoms with Gasteiger partial charge in [0.15, 0.2) is 0 Å². The van der Waals surface area contributed by atoms with E-state index in [1.807, 2.05) is 24.3 Å². The highest BCUT2D eigenvalue weighted by Crippen LogP contribution is 2.43. The number of ketones is 1. The summed E-state index contributed by atoms with van der Waals surface area (Å²) in [5.41, 5.74) is 2.47. The van der Waals surface area contributed by atoms with Crippen molar-refractivity contribution >= 4 is 40.7 Å². The molecule has 4 nitrogen and oxygen atoms in total. The predicted molar refractivity (Wildman–Crippen MR) is 123 cm³/mol. The maximum atomic E-state index is 13.2. The summed E-state index contributed by atoms with van der Waals surface area (Å²) in [4.78, 5) is 28.0. The molecule has 1 saturated carbocycles. The van der Waals surface area contributed by atoms with E-state index in [2.05, 4.69) is 6.92 Å². The normalized spacial score (nSPS) is 21.6. The molecular weight excluding hydrogens is 433 g/mol. The van der Waals surface area contributed by atoms with Crippen LogP contribution in [0.25, 0.3) is 5.76 Å². The Kier molecular flexibility index (Phi) is 6.40. The fraction of sp³-hybridized carbons (Fsp3) is 0.360. The van der Waals surface area contributed by atoms with Crippen molar-refractivity contribution in [1.82, 2.24) is 4.90 Å². The molecule has 162 valence electrons. The minimum Gasteiger partial charge on any atom is -0.507 e. The molecule has 1 amide bonds. The highest BCUT2D eigenvalue weighted by molar-refractivity contribution is 6.47. The van der Waals surface area contributed by atoms with Crippen molar-refractivity contribution in [3.8, 4) is 0 Å². The van der Waals surface area contributed by atoms with Gasteiger partial charge in [-0.3, -0.25) is 9.59 Å². The van der Waals surface area contributed by atoms with Crippen molar-refractivity contribution in [1.29, 1.82) is 0 Å². The number of carbonyl (C=O) groups is 2. The van der Waals surface area contributed by atoms with Crippen molar-refractivity contribution in [2.24, 2.45) is 0 Å². The second-order valence-electron chi connectivity index (χ2n) is 8.22.